The molecule has 0 radical (unpaired) electrons. The van der Waals surface area contributed by atoms with Gasteiger partial charge in [0.1, 0.15) is 11.5 Å². The van der Waals surface area contributed by atoms with E-state index in [0.29, 0.717) is 10.2 Å². The molecule has 0 bridgehead atoms. The van der Waals surface area contributed by atoms with Crippen LogP contribution in [-0.4, -0.2) is 27.8 Å². The van der Waals surface area contributed by atoms with E-state index in [1.807, 2.05) is 0 Å². The zero-order valence-electron chi connectivity index (χ0n) is 10.1. The molecule has 0 atom stereocenters. The van der Waals surface area contributed by atoms with E-state index >= 15 is 0 Å². The van der Waals surface area contributed by atoms with Gasteiger partial charge in [0.15, 0.2) is 6.61 Å². The average Bonchev–Trinajstić information content (AvgIpc) is 2.41. The van der Waals surface area contributed by atoms with Crippen molar-refractivity contribution in [3.05, 3.63) is 40.9 Å². The van der Waals surface area contributed by atoms with Crippen LogP contribution in [0.5, 0.6) is 23.3 Å². The minimum atomic E-state index is -1.08. The van der Waals surface area contributed by atoms with E-state index in [0.717, 1.165) is 0 Å². The third-order valence-corrected chi connectivity index (χ3v) is 2.82. The Morgan fingerprint density at radius 3 is 2.70 bits per heavy atom. The Morgan fingerprint density at radius 2 is 2.00 bits per heavy atom. The van der Waals surface area contributed by atoms with Crippen molar-refractivity contribution in [2.75, 3.05) is 6.61 Å². The SMILES string of the molecule is O=C(O)COc1cccc(Oc2ccc(O)c(Br)c2)n1. The van der Waals surface area contributed by atoms with Gasteiger partial charge in [-0.15, -0.1) is 0 Å². The van der Waals surface area contributed by atoms with Crippen molar-refractivity contribution >= 4 is 21.9 Å². The normalized spacial score (nSPS) is 10.1. The van der Waals surface area contributed by atoms with Crippen LogP contribution in [0.1, 0.15) is 0 Å². The van der Waals surface area contributed by atoms with Gasteiger partial charge < -0.3 is 19.7 Å². The number of phenolic OH excluding ortho intramolecular Hbond substituents is 1. The number of hydrogen-bond donors (Lipinski definition) is 2. The molecule has 2 aromatic rings. The second-order valence-electron chi connectivity index (χ2n) is 3.71. The fourth-order valence-electron chi connectivity index (χ4n) is 1.34. The maximum atomic E-state index is 10.4. The first-order valence-electron chi connectivity index (χ1n) is 5.52. The van der Waals surface area contributed by atoms with Crippen molar-refractivity contribution < 1.29 is 24.5 Å². The lowest BCUT2D eigenvalue weighted by molar-refractivity contribution is -0.139. The van der Waals surface area contributed by atoms with Gasteiger partial charge in [-0.25, -0.2) is 4.79 Å². The van der Waals surface area contributed by atoms with Gasteiger partial charge in [-0.05, 0) is 34.1 Å². The molecule has 2 N–H and O–H groups in total. The summed E-state index contributed by atoms with van der Waals surface area (Å²) in [5.74, 6) is -0.102. The lowest BCUT2D eigenvalue weighted by atomic mass is 10.3. The summed E-state index contributed by atoms with van der Waals surface area (Å²) in [6, 6.07) is 9.41. The number of carboxylic acid groups (broad SMARTS) is 1. The second kappa shape index (κ2) is 6.25. The predicted octanol–water partition coefficient (Wildman–Crippen LogP) is 2.81. The van der Waals surface area contributed by atoms with E-state index in [2.05, 4.69) is 20.9 Å². The monoisotopic (exact) mass is 339 g/mol. The van der Waals surface area contributed by atoms with E-state index < -0.39 is 12.6 Å². The molecule has 1 aromatic carbocycles. The molecule has 0 aliphatic carbocycles. The Bertz CT molecular complexity index is 632. The van der Waals surface area contributed by atoms with Gasteiger partial charge in [0.05, 0.1) is 4.47 Å². The van der Waals surface area contributed by atoms with Crippen molar-refractivity contribution in [1.82, 2.24) is 4.98 Å². The summed E-state index contributed by atoms with van der Waals surface area (Å²) in [5.41, 5.74) is 0. The zero-order valence-corrected chi connectivity index (χ0v) is 11.7. The molecule has 0 spiro atoms. The molecular weight excluding hydrogens is 330 g/mol. The molecule has 7 heteroatoms. The zero-order chi connectivity index (χ0) is 14.5. The predicted molar refractivity (Wildman–Crippen MR) is 73.2 cm³/mol. The quantitative estimate of drug-likeness (QED) is 0.870. The number of aromatic hydroxyl groups is 1. The number of rotatable bonds is 5. The molecular formula is C13H10BrNO5. The topological polar surface area (TPSA) is 88.9 Å². The van der Waals surface area contributed by atoms with E-state index in [1.165, 1.54) is 12.1 Å². The van der Waals surface area contributed by atoms with Crippen LogP contribution in [0.25, 0.3) is 0 Å². The minimum Gasteiger partial charge on any atom is -0.507 e. The number of phenols is 1. The molecule has 0 unspecified atom stereocenters. The fraction of sp³-hybridized carbons (Fsp3) is 0.0769. The molecule has 6 nitrogen and oxygen atoms in total. The van der Waals surface area contributed by atoms with Crippen LogP contribution in [0.4, 0.5) is 0 Å². The second-order valence-corrected chi connectivity index (χ2v) is 4.57. The summed E-state index contributed by atoms with van der Waals surface area (Å²) in [6.45, 7) is -0.471. The number of carbonyl (C=O) groups is 1. The Kier molecular flexibility index (Phi) is 4.41. The van der Waals surface area contributed by atoms with E-state index in [4.69, 9.17) is 14.6 Å². The number of aromatic nitrogens is 1. The molecule has 0 fully saturated rings. The van der Waals surface area contributed by atoms with Crippen molar-refractivity contribution in [3.63, 3.8) is 0 Å². The molecule has 0 aliphatic rings. The van der Waals surface area contributed by atoms with Crippen molar-refractivity contribution in [1.29, 1.82) is 0 Å². The van der Waals surface area contributed by atoms with Crippen LogP contribution in [0, 0.1) is 0 Å². The maximum Gasteiger partial charge on any atom is 0.341 e. The molecule has 104 valence electrons. The highest BCUT2D eigenvalue weighted by Crippen LogP contribution is 2.30. The summed E-state index contributed by atoms with van der Waals surface area (Å²) in [5, 5.41) is 17.9. The highest BCUT2D eigenvalue weighted by atomic mass is 79.9. The molecule has 0 saturated heterocycles. The first-order valence-corrected chi connectivity index (χ1v) is 6.32. The van der Waals surface area contributed by atoms with E-state index in [1.54, 1.807) is 24.3 Å². The Labute approximate surface area is 122 Å². The molecule has 20 heavy (non-hydrogen) atoms. The highest BCUT2D eigenvalue weighted by Gasteiger charge is 2.05. The first kappa shape index (κ1) is 14.1. The van der Waals surface area contributed by atoms with Gasteiger partial charge in [-0.2, -0.15) is 4.98 Å². The van der Waals surface area contributed by atoms with Crippen LogP contribution in [-0.2, 0) is 4.79 Å². The number of ether oxygens (including phenoxy) is 2. The van der Waals surface area contributed by atoms with Crippen LogP contribution in [0.2, 0.25) is 0 Å². The summed E-state index contributed by atoms with van der Waals surface area (Å²) < 4.78 is 10.9. The van der Waals surface area contributed by atoms with Crippen molar-refractivity contribution in [2.45, 2.75) is 0 Å². The standard InChI is InChI=1S/C13H10BrNO5/c14-9-6-8(4-5-10(9)16)20-12-3-1-2-11(15-12)19-7-13(17)18/h1-6,16H,7H2,(H,17,18). The molecule has 1 heterocycles. The number of nitrogens with zero attached hydrogens (tertiary/aromatic N) is 1. The Balaban J connectivity index is 2.10. The van der Waals surface area contributed by atoms with Gasteiger partial charge in [0.25, 0.3) is 0 Å². The smallest absolute Gasteiger partial charge is 0.341 e. The van der Waals surface area contributed by atoms with Crippen LogP contribution < -0.4 is 9.47 Å². The average molecular weight is 340 g/mol. The highest BCUT2D eigenvalue weighted by molar-refractivity contribution is 9.10. The number of halogens is 1. The van der Waals surface area contributed by atoms with Crippen molar-refractivity contribution in [2.24, 2.45) is 0 Å². The lowest BCUT2D eigenvalue weighted by Gasteiger charge is -2.07. The third-order valence-electron chi connectivity index (χ3n) is 2.18. The Hall–Kier alpha value is -2.28. The van der Waals surface area contributed by atoms with Gasteiger partial charge >= 0.3 is 5.97 Å². The van der Waals surface area contributed by atoms with Gasteiger partial charge in [-0.3, -0.25) is 0 Å². The summed E-state index contributed by atoms with van der Waals surface area (Å²) >= 11 is 3.17. The summed E-state index contributed by atoms with van der Waals surface area (Å²) in [4.78, 5) is 14.4. The third kappa shape index (κ3) is 3.86. The molecule has 0 aliphatic heterocycles. The fourth-order valence-corrected chi connectivity index (χ4v) is 1.70. The van der Waals surface area contributed by atoms with Crippen LogP contribution in [0.3, 0.4) is 0 Å². The van der Waals surface area contributed by atoms with Gasteiger partial charge in [-0.1, -0.05) is 6.07 Å². The van der Waals surface area contributed by atoms with Gasteiger partial charge in [0, 0.05) is 12.1 Å². The summed E-state index contributed by atoms with van der Waals surface area (Å²) in [7, 11) is 0. The number of hydrogen-bond acceptors (Lipinski definition) is 5. The molecule has 0 amide bonds. The number of carboxylic acids is 1. The first-order chi connectivity index (χ1) is 9.54. The molecule has 0 saturated carbocycles. The molecule has 2 rings (SSSR count). The van der Waals surface area contributed by atoms with Crippen LogP contribution in [0.15, 0.2) is 40.9 Å². The van der Waals surface area contributed by atoms with Gasteiger partial charge in [0.2, 0.25) is 11.8 Å². The molecule has 1 aromatic heterocycles. The van der Waals surface area contributed by atoms with E-state index in [9.17, 15) is 9.90 Å². The Morgan fingerprint density at radius 1 is 1.25 bits per heavy atom. The van der Waals surface area contributed by atoms with E-state index in [-0.39, 0.29) is 17.5 Å². The lowest BCUT2D eigenvalue weighted by Crippen LogP contribution is -2.10. The number of benzene rings is 1. The maximum absolute atomic E-state index is 10.4. The largest absolute Gasteiger partial charge is 0.507 e. The number of pyridine rings is 1. The number of aliphatic carboxylic acids is 1. The van der Waals surface area contributed by atoms with Crippen molar-refractivity contribution in [3.8, 4) is 23.3 Å². The summed E-state index contributed by atoms with van der Waals surface area (Å²) in [6.07, 6.45) is 0. The van der Waals surface area contributed by atoms with Crippen LogP contribution >= 0.6 is 15.9 Å². The minimum absolute atomic E-state index is 0.101.